The van der Waals surface area contributed by atoms with Gasteiger partial charge in [-0.1, -0.05) is 24.3 Å². The highest BCUT2D eigenvalue weighted by Crippen LogP contribution is 1.98. The number of hydrogen-bond donors (Lipinski definition) is 1. The second kappa shape index (κ2) is 4.90. The molecule has 0 atom stereocenters. The van der Waals surface area contributed by atoms with E-state index < -0.39 is 10.1 Å². The molecule has 0 aromatic heterocycles. The van der Waals surface area contributed by atoms with Crippen LogP contribution in [0.1, 0.15) is 13.8 Å². The SMILES string of the molecule is C\C=C/C=C\C(C)=C\S(=O)(=O)O. The number of allylic oxidation sites excluding steroid dienone is 5. The molecule has 0 saturated carbocycles. The summed E-state index contributed by atoms with van der Waals surface area (Å²) >= 11 is 0. The molecule has 0 heterocycles. The van der Waals surface area contributed by atoms with Gasteiger partial charge in [-0.3, -0.25) is 4.55 Å². The minimum Gasteiger partial charge on any atom is -0.282 e. The second-order valence-corrected chi connectivity index (χ2v) is 3.53. The van der Waals surface area contributed by atoms with E-state index in [-0.39, 0.29) is 0 Å². The van der Waals surface area contributed by atoms with Crippen LogP contribution in [0.15, 0.2) is 35.3 Å². The summed E-state index contributed by atoms with van der Waals surface area (Å²) in [5.41, 5.74) is 0.482. The van der Waals surface area contributed by atoms with Crippen LogP contribution in [-0.4, -0.2) is 13.0 Å². The van der Waals surface area contributed by atoms with Crippen LogP contribution in [0.2, 0.25) is 0 Å². The van der Waals surface area contributed by atoms with Gasteiger partial charge in [0.25, 0.3) is 10.1 Å². The van der Waals surface area contributed by atoms with Crippen LogP contribution in [0, 0.1) is 0 Å². The van der Waals surface area contributed by atoms with Crippen LogP contribution in [0.25, 0.3) is 0 Å². The highest BCUT2D eigenvalue weighted by atomic mass is 32.2. The molecule has 0 amide bonds. The zero-order valence-corrected chi connectivity index (χ0v) is 7.88. The van der Waals surface area contributed by atoms with E-state index in [9.17, 15) is 8.42 Å². The lowest BCUT2D eigenvalue weighted by Gasteiger charge is -1.88. The van der Waals surface area contributed by atoms with E-state index in [4.69, 9.17) is 4.55 Å². The summed E-state index contributed by atoms with van der Waals surface area (Å²) in [5, 5.41) is 0.799. The lowest BCUT2D eigenvalue weighted by molar-refractivity contribution is 0.494. The largest absolute Gasteiger partial charge is 0.287 e. The summed E-state index contributed by atoms with van der Waals surface area (Å²) in [6.07, 6.45) is 6.86. The van der Waals surface area contributed by atoms with Gasteiger partial charge in [-0.2, -0.15) is 8.42 Å². The predicted octanol–water partition coefficient (Wildman–Crippen LogP) is 1.91. The molecule has 68 valence electrons. The molecule has 0 aromatic carbocycles. The van der Waals surface area contributed by atoms with Crippen molar-refractivity contribution in [2.45, 2.75) is 13.8 Å². The number of hydrogen-bond acceptors (Lipinski definition) is 2. The first-order valence-corrected chi connectivity index (χ1v) is 4.91. The van der Waals surface area contributed by atoms with Gasteiger partial charge in [0.1, 0.15) is 0 Å². The average molecular weight is 188 g/mol. The van der Waals surface area contributed by atoms with Gasteiger partial charge >= 0.3 is 0 Å². The molecule has 0 aliphatic carbocycles. The summed E-state index contributed by atoms with van der Waals surface area (Å²) in [7, 11) is -4.00. The van der Waals surface area contributed by atoms with Gasteiger partial charge in [-0.15, -0.1) is 0 Å². The van der Waals surface area contributed by atoms with E-state index in [2.05, 4.69) is 0 Å². The molecule has 0 unspecified atom stereocenters. The molecule has 0 aliphatic heterocycles. The van der Waals surface area contributed by atoms with Gasteiger partial charge < -0.3 is 0 Å². The van der Waals surface area contributed by atoms with E-state index in [0.29, 0.717) is 5.57 Å². The third kappa shape index (κ3) is 7.24. The Labute approximate surface area is 72.9 Å². The van der Waals surface area contributed by atoms with E-state index >= 15 is 0 Å². The van der Waals surface area contributed by atoms with Crippen LogP contribution in [0.5, 0.6) is 0 Å². The van der Waals surface area contributed by atoms with Gasteiger partial charge in [-0.05, 0) is 19.4 Å². The molecule has 0 saturated heterocycles. The van der Waals surface area contributed by atoms with Crippen LogP contribution in [-0.2, 0) is 10.1 Å². The van der Waals surface area contributed by atoms with E-state index in [1.807, 2.05) is 13.0 Å². The maximum atomic E-state index is 10.3. The van der Waals surface area contributed by atoms with Gasteiger partial charge in [0.05, 0.1) is 5.41 Å². The highest BCUT2D eigenvalue weighted by Gasteiger charge is 1.96. The van der Waals surface area contributed by atoms with Crippen molar-refractivity contribution >= 4 is 10.1 Å². The minimum absolute atomic E-state index is 0.482. The van der Waals surface area contributed by atoms with Crippen LogP contribution in [0.4, 0.5) is 0 Å². The van der Waals surface area contributed by atoms with Gasteiger partial charge in [-0.25, -0.2) is 0 Å². The summed E-state index contributed by atoms with van der Waals surface area (Å²) < 4.78 is 29.0. The molecular weight excluding hydrogens is 176 g/mol. The van der Waals surface area contributed by atoms with Crippen molar-refractivity contribution in [3.63, 3.8) is 0 Å². The normalized spacial score (nSPS) is 14.8. The molecule has 0 rings (SSSR count). The molecule has 3 nitrogen and oxygen atoms in total. The molecule has 0 aliphatic rings. The van der Waals surface area contributed by atoms with Crippen LogP contribution >= 0.6 is 0 Å². The Bertz CT molecular complexity index is 307. The zero-order valence-electron chi connectivity index (χ0n) is 7.06. The molecular formula is C8H12O3S. The molecule has 0 spiro atoms. The van der Waals surface area contributed by atoms with Crippen molar-refractivity contribution in [2.75, 3.05) is 0 Å². The van der Waals surface area contributed by atoms with Crippen LogP contribution < -0.4 is 0 Å². The van der Waals surface area contributed by atoms with Crippen molar-refractivity contribution in [3.05, 3.63) is 35.3 Å². The summed E-state index contributed by atoms with van der Waals surface area (Å²) in [6.45, 7) is 3.44. The van der Waals surface area contributed by atoms with Crippen molar-refractivity contribution in [3.8, 4) is 0 Å². The van der Waals surface area contributed by atoms with Crippen LogP contribution in [0.3, 0.4) is 0 Å². The van der Waals surface area contributed by atoms with Gasteiger partial charge in [0.2, 0.25) is 0 Å². The fourth-order valence-electron chi connectivity index (χ4n) is 0.593. The molecule has 0 bridgehead atoms. The predicted molar refractivity (Wildman–Crippen MR) is 49.3 cm³/mol. The van der Waals surface area contributed by atoms with Crippen molar-refractivity contribution < 1.29 is 13.0 Å². The Hall–Kier alpha value is -0.870. The van der Waals surface area contributed by atoms with Gasteiger partial charge in [0.15, 0.2) is 0 Å². The summed E-state index contributed by atoms with van der Waals surface area (Å²) in [5.74, 6) is 0. The van der Waals surface area contributed by atoms with Crippen molar-refractivity contribution in [1.29, 1.82) is 0 Å². The second-order valence-electron chi connectivity index (χ2n) is 2.26. The summed E-state index contributed by atoms with van der Waals surface area (Å²) in [4.78, 5) is 0. The molecule has 12 heavy (non-hydrogen) atoms. The van der Waals surface area contributed by atoms with E-state index in [1.165, 1.54) is 0 Å². The lowest BCUT2D eigenvalue weighted by atomic mass is 10.3. The summed E-state index contributed by atoms with van der Waals surface area (Å²) in [6, 6.07) is 0. The Morgan fingerprint density at radius 3 is 2.33 bits per heavy atom. The minimum atomic E-state index is -4.00. The first kappa shape index (κ1) is 11.1. The average Bonchev–Trinajstić information content (AvgIpc) is 1.84. The molecule has 0 fully saturated rings. The maximum absolute atomic E-state index is 10.3. The zero-order chi connectivity index (χ0) is 9.61. The molecule has 0 aromatic rings. The fraction of sp³-hybridized carbons (Fsp3) is 0.250. The van der Waals surface area contributed by atoms with E-state index in [0.717, 1.165) is 5.41 Å². The Kier molecular flexibility index (Phi) is 4.54. The monoisotopic (exact) mass is 188 g/mol. The quantitative estimate of drug-likeness (QED) is 0.543. The molecule has 0 radical (unpaired) electrons. The standard InChI is InChI=1S/C8H12O3S/c1-3-4-5-6-8(2)7-12(9,10)11/h3-7H,1-2H3,(H,9,10,11)/b4-3-,6-5-,8-7+. The third-order valence-electron chi connectivity index (χ3n) is 0.998. The Morgan fingerprint density at radius 2 is 1.92 bits per heavy atom. The Balaban J connectivity index is 4.42. The first-order valence-electron chi connectivity index (χ1n) is 3.41. The van der Waals surface area contributed by atoms with Crippen molar-refractivity contribution in [2.24, 2.45) is 0 Å². The number of rotatable bonds is 3. The molecule has 4 heteroatoms. The maximum Gasteiger partial charge on any atom is 0.287 e. The lowest BCUT2D eigenvalue weighted by Crippen LogP contribution is -1.90. The Morgan fingerprint density at radius 1 is 1.33 bits per heavy atom. The molecule has 1 N–H and O–H groups in total. The van der Waals surface area contributed by atoms with Gasteiger partial charge in [0, 0.05) is 0 Å². The first-order chi connectivity index (χ1) is 5.45. The smallest absolute Gasteiger partial charge is 0.282 e. The highest BCUT2D eigenvalue weighted by molar-refractivity contribution is 7.88. The van der Waals surface area contributed by atoms with E-state index in [1.54, 1.807) is 25.2 Å². The van der Waals surface area contributed by atoms with Crippen molar-refractivity contribution in [1.82, 2.24) is 0 Å². The third-order valence-corrected chi connectivity index (χ3v) is 1.67. The topological polar surface area (TPSA) is 54.4 Å². The fourth-order valence-corrected chi connectivity index (χ4v) is 1.14.